The molecule has 166 valence electrons. The first-order chi connectivity index (χ1) is 15.7. The minimum absolute atomic E-state index is 0.236. The summed E-state index contributed by atoms with van der Waals surface area (Å²) in [5.74, 6) is 2.05. The molecule has 4 heterocycles. The van der Waals surface area contributed by atoms with Gasteiger partial charge in [-0.05, 0) is 44.7 Å². The van der Waals surface area contributed by atoms with Gasteiger partial charge in [-0.2, -0.15) is 5.10 Å². The minimum Gasteiger partial charge on any atom is -0.479 e. The number of nitrogens with zero attached hydrogens (tertiary/aromatic N) is 6. The highest BCUT2D eigenvalue weighted by Crippen LogP contribution is 2.33. The lowest BCUT2D eigenvalue weighted by Gasteiger charge is -2.12. The molecule has 0 unspecified atom stereocenters. The maximum Gasteiger partial charge on any atom is 0.238 e. The molecule has 0 amide bonds. The number of pyridine rings is 1. The highest BCUT2D eigenvalue weighted by atomic mass is 32.1. The van der Waals surface area contributed by atoms with Crippen LogP contribution in [0.4, 0.5) is 16.0 Å². The fourth-order valence-electron chi connectivity index (χ4n) is 4.01. The summed E-state index contributed by atoms with van der Waals surface area (Å²) >= 11 is 1.49. The maximum atomic E-state index is 13.1. The largest absolute Gasteiger partial charge is 0.479 e. The number of anilines is 2. The number of ether oxygens (including phenoxy) is 1. The van der Waals surface area contributed by atoms with Gasteiger partial charge in [0.05, 0.1) is 31.4 Å². The number of alkyl halides is 1. The molecule has 10 heteroatoms. The molecule has 1 aliphatic carbocycles. The van der Waals surface area contributed by atoms with Crippen molar-refractivity contribution in [2.45, 2.75) is 39.2 Å². The van der Waals surface area contributed by atoms with Crippen LogP contribution in [-0.4, -0.2) is 43.1 Å². The fourth-order valence-corrected chi connectivity index (χ4v) is 4.73. The van der Waals surface area contributed by atoms with Gasteiger partial charge in [0.1, 0.15) is 34.7 Å². The van der Waals surface area contributed by atoms with Gasteiger partial charge < -0.3 is 14.6 Å². The second-order valence-corrected chi connectivity index (χ2v) is 8.56. The minimum atomic E-state index is -0.454. The average Bonchev–Trinajstić information content (AvgIpc) is 3.53. The number of halogens is 1. The predicted octanol–water partition coefficient (Wildman–Crippen LogP) is 4.50. The third-order valence-electron chi connectivity index (χ3n) is 5.51. The van der Waals surface area contributed by atoms with Crippen LogP contribution in [0.2, 0.25) is 0 Å². The SMILES string of the molecule is COc1nc(-c2nc(Nc3c4c(nn3CCF)CCCC4)cs2)ccc1-n1cnc(C)c1. The third kappa shape index (κ3) is 3.86. The van der Waals surface area contributed by atoms with Crippen LogP contribution < -0.4 is 10.1 Å². The second-order valence-electron chi connectivity index (χ2n) is 7.70. The molecule has 0 bridgehead atoms. The van der Waals surface area contributed by atoms with Gasteiger partial charge in [0.2, 0.25) is 5.88 Å². The standard InChI is InChI=1S/C22H24FN7OS/c1-14-11-29(13-24-14)18-8-7-17(25-21(18)31-2)22-27-19(12-32-22)26-20-15-5-3-4-6-16(15)28-30(20)10-9-23/h7-8,11-13,26H,3-6,9-10H2,1-2H3. The van der Waals surface area contributed by atoms with Crippen LogP contribution in [0.15, 0.2) is 30.0 Å². The van der Waals surface area contributed by atoms with Crippen molar-refractivity contribution in [3.05, 3.63) is 47.0 Å². The third-order valence-corrected chi connectivity index (χ3v) is 6.38. The van der Waals surface area contributed by atoms with Crippen LogP contribution in [0.5, 0.6) is 5.88 Å². The summed E-state index contributed by atoms with van der Waals surface area (Å²) in [5, 5.41) is 10.7. The Morgan fingerprint density at radius 1 is 1.22 bits per heavy atom. The van der Waals surface area contributed by atoms with Gasteiger partial charge in [-0.1, -0.05) is 0 Å². The summed E-state index contributed by atoms with van der Waals surface area (Å²) in [4.78, 5) is 13.6. The maximum absolute atomic E-state index is 13.1. The van der Waals surface area contributed by atoms with E-state index < -0.39 is 6.67 Å². The number of thiazole rings is 1. The molecule has 0 spiro atoms. The van der Waals surface area contributed by atoms with Crippen LogP contribution in [-0.2, 0) is 19.4 Å². The van der Waals surface area contributed by atoms with E-state index in [1.165, 1.54) is 16.9 Å². The lowest BCUT2D eigenvalue weighted by atomic mass is 9.97. The van der Waals surface area contributed by atoms with Gasteiger partial charge in [0.15, 0.2) is 0 Å². The summed E-state index contributed by atoms with van der Waals surface area (Å²) in [5.41, 5.74) is 4.70. The number of aromatic nitrogens is 6. The summed E-state index contributed by atoms with van der Waals surface area (Å²) in [6.07, 6.45) is 7.81. The molecule has 0 fully saturated rings. The van der Waals surface area contributed by atoms with Crippen molar-refractivity contribution < 1.29 is 9.13 Å². The zero-order valence-corrected chi connectivity index (χ0v) is 18.8. The van der Waals surface area contributed by atoms with Crippen molar-refractivity contribution in [3.63, 3.8) is 0 Å². The molecule has 0 saturated carbocycles. The molecule has 0 aromatic carbocycles. The molecular weight excluding hydrogens is 429 g/mol. The second kappa shape index (κ2) is 8.70. The van der Waals surface area contributed by atoms with Crippen LogP contribution in [0.1, 0.15) is 29.8 Å². The van der Waals surface area contributed by atoms with E-state index >= 15 is 0 Å². The molecule has 32 heavy (non-hydrogen) atoms. The van der Waals surface area contributed by atoms with Crippen LogP contribution in [0.3, 0.4) is 0 Å². The molecule has 0 radical (unpaired) electrons. The summed E-state index contributed by atoms with van der Waals surface area (Å²) in [6, 6.07) is 3.87. The number of methoxy groups -OCH3 is 1. The smallest absolute Gasteiger partial charge is 0.238 e. The number of fused-ring (bicyclic) bond motifs is 1. The lowest BCUT2D eigenvalue weighted by molar-refractivity contribution is 0.396. The molecule has 0 aliphatic heterocycles. The van der Waals surface area contributed by atoms with Gasteiger partial charge in [0.25, 0.3) is 0 Å². The van der Waals surface area contributed by atoms with Crippen molar-refractivity contribution in [1.29, 1.82) is 0 Å². The lowest BCUT2D eigenvalue weighted by Crippen LogP contribution is -2.07. The van der Waals surface area contributed by atoms with Crippen LogP contribution >= 0.6 is 11.3 Å². The Labute approximate surface area is 189 Å². The Bertz CT molecular complexity index is 1250. The molecule has 0 saturated heterocycles. The van der Waals surface area contributed by atoms with Gasteiger partial charge in [-0.15, -0.1) is 11.3 Å². The first kappa shape index (κ1) is 20.6. The Hall–Kier alpha value is -3.27. The highest BCUT2D eigenvalue weighted by Gasteiger charge is 2.21. The van der Waals surface area contributed by atoms with E-state index in [0.29, 0.717) is 11.7 Å². The van der Waals surface area contributed by atoms with Crippen molar-refractivity contribution in [2.75, 3.05) is 19.1 Å². The Kier molecular flexibility index (Phi) is 5.60. The summed E-state index contributed by atoms with van der Waals surface area (Å²) in [7, 11) is 1.60. The zero-order valence-electron chi connectivity index (χ0n) is 18.0. The summed E-state index contributed by atoms with van der Waals surface area (Å²) in [6.45, 7) is 1.72. The number of hydrogen-bond donors (Lipinski definition) is 1. The Balaban J connectivity index is 1.43. The molecular formula is C22H24FN7OS. The van der Waals surface area contributed by atoms with E-state index in [-0.39, 0.29) is 6.54 Å². The van der Waals surface area contributed by atoms with E-state index in [0.717, 1.165) is 59.3 Å². The molecule has 1 N–H and O–H groups in total. The topological polar surface area (TPSA) is 82.7 Å². The molecule has 8 nitrogen and oxygen atoms in total. The number of imidazole rings is 1. The summed E-state index contributed by atoms with van der Waals surface area (Å²) < 4.78 is 22.2. The van der Waals surface area contributed by atoms with E-state index in [2.05, 4.69) is 20.4 Å². The van der Waals surface area contributed by atoms with E-state index in [9.17, 15) is 4.39 Å². The predicted molar refractivity (Wildman–Crippen MR) is 122 cm³/mol. The molecule has 4 aromatic heterocycles. The van der Waals surface area contributed by atoms with Gasteiger partial charge in [-0.3, -0.25) is 0 Å². The number of hydrogen-bond acceptors (Lipinski definition) is 7. The van der Waals surface area contributed by atoms with E-state index in [1.807, 2.05) is 35.2 Å². The zero-order chi connectivity index (χ0) is 22.1. The van der Waals surface area contributed by atoms with Crippen molar-refractivity contribution in [1.82, 2.24) is 29.3 Å². The fraction of sp³-hybridized carbons (Fsp3) is 0.364. The van der Waals surface area contributed by atoms with Crippen molar-refractivity contribution in [3.8, 4) is 22.3 Å². The van der Waals surface area contributed by atoms with Crippen LogP contribution in [0, 0.1) is 6.92 Å². The monoisotopic (exact) mass is 453 g/mol. The number of aryl methyl sites for hydroxylation is 3. The molecule has 1 aliphatic rings. The number of nitrogens with one attached hydrogen (secondary N) is 1. The number of rotatable bonds is 7. The van der Waals surface area contributed by atoms with E-state index in [4.69, 9.17) is 9.72 Å². The van der Waals surface area contributed by atoms with Gasteiger partial charge in [-0.25, -0.2) is 24.0 Å². The van der Waals surface area contributed by atoms with E-state index in [1.54, 1.807) is 18.1 Å². The van der Waals surface area contributed by atoms with Crippen molar-refractivity contribution >= 4 is 23.0 Å². The first-order valence-corrected chi connectivity index (χ1v) is 11.5. The van der Waals surface area contributed by atoms with Gasteiger partial charge in [0, 0.05) is 17.1 Å². The highest BCUT2D eigenvalue weighted by molar-refractivity contribution is 7.13. The van der Waals surface area contributed by atoms with Crippen LogP contribution in [0.25, 0.3) is 16.4 Å². The van der Waals surface area contributed by atoms with Gasteiger partial charge >= 0.3 is 0 Å². The normalized spacial score (nSPS) is 13.2. The Morgan fingerprint density at radius 3 is 2.88 bits per heavy atom. The first-order valence-electron chi connectivity index (χ1n) is 10.6. The Morgan fingerprint density at radius 2 is 2.09 bits per heavy atom. The molecule has 4 aromatic rings. The molecule has 5 rings (SSSR count). The average molecular weight is 454 g/mol. The molecule has 0 atom stereocenters. The quantitative estimate of drug-likeness (QED) is 0.444. The van der Waals surface area contributed by atoms with Crippen molar-refractivity contribution in [2.24, 2.45) is 0 Å².